The van der Waals surface area contributed by atoms with E-state index in [1.165, 1.54) is 57.8 Å². The van der Waals surface area contributed by atoms with Gasteiger partial charge in [-0.25, -0.2) is 4.39 Å². The number of rotatable bonds is 17. The summed E-state index contributed by atoms with van der Waals surface area (Å²) < 4.78 is 25.8. The fourth-order valence-electron chi connectivity index (χ4n) is 3.84. The first kappa shape index (κ1) is 24.8. The third-order valence-electron chi connectivity index (χ3n) is 5.49. The van der Waals surface area contributed by atoms with Crippen molar-refractivity contribution >= 4 is 18.9 Å². The van der Waals surface area contributed by atoms with Gasteiger partial charge in [0.25, 0.3) is 0 Å². The molecule has 0 aliphatic carbocycles. The van der Waals surface area contributed by atoms with E-state index in [0.717, 1.165) is 16.8 Å². The Kier molecular flexibility index (Phi) is 12.7. The van der Waals surface area contributed by atoms with E-state index in [9.17, 15) is 4.39 Å². The summed E-state index contributed by atoms with van der Waals surface area (Å²) in [5.41, 5.74) is 0. The fraction of sp³-hybridized carbons (Fsp3) is 0.538. The Morgan fingerprint density at radius 1 is 0.600 bits per heavy atom. The van der Waals surface area contributed by atoms with Gasteiger partial charge in [-0.1, -0.05) is 125 Å². The van der Waals surface area contributed by atoms with Crippen LogP contribution in [0.1, 0.15) is 71.1 Å². The van der Waals surface area contributed by atoms with Crippen LogP contribution in [0.3, 0.4) is 0 Å². The van der Waals surface area contributed by atoms with Gasteiger partial charge in [0.2, 0.25) is 0 Å². The van der Waals surface area contributed by atoms with E-state index in [4.69, 9.17) is 8.85 Å². The summed E-state index contributed by atoms with van der Waals surface area (Å²) in [5.74, 6) is 0. The lowest BCUT2D eigenvalue weighted by Crippen LogP contribution is -2.63. The average Bonchev–Trinajstić information content (AvgIpc) is 2.81. The number of alkyl halides is 1. The molecule has 30 heavy (non-hydrogen) atoms. The SMILES string of the molecule is CCCCCCCCCCCCO[Si](OCCF)(c1ccccc1)c1ccccc1. The molecule has 0 aliphatic heterocycles. The molecule has 2 aromatic rings. The van der Waals surface area contributed by atoms with Crippen LogP contribution < -0.4 is 10.4 Å². The van der Waals surface area contributed by atoms with Gasteiger partial charge in [-0.2, -0.15) is 0 Å². The van der Waals surface area contributed by atoms with E-state index in [2.05, 4.69) is 31.2 Å². The molecule has 0 N–H and O–H groups in total. The Labute approximate surface area is 184 Å². The topological polar surface area (TPSA) is 18.5 Å². The minimum absolute atomic E-state index is 0.0635. The molecule has 0 atom stereocenters. The standard InChI is InChI=1S/C26H39FO2Si/c1-2-3-4-5-6-7-8-9-10-17-23-28-30(29-24-22-27,25-18-13-11-14-19-25)26-20-15-12-16-21-26/h11-16,18-21H,2-10,17,22-24H2,1H3. The molecule has 0 aliphatic rings. The highest BCUT2D eigenvalue weighted by Crippen LogP contribution is 2.14. The first-order valence-corrected chi connectivity index (χ1v) is 13.6. The normalized spacial score (nSPS) is 11.7. The number of unbranched alkanes of at least 4 members (excludes halogenated alkanes) is 9. The van der Waals surface area contributed by atoms with Crippen molar-refractivity contribution in [3.8, 4) is 0 Å². The third kappa shape index (κ3) is 8.33. The first-order valence-electron chi connectivity index (χ1n) is 11.8. The van der Waals surface area contributed by atoms with E-state index in [1.54, 1.807) is 0 Å². The molecule has 0 spiro atoms. The lowest BCUT2D eigenvalue weighted by Gasteiger charge is -2.31. The number of hydrogen-bond donors (Lipinski definition) is 0. The second-order valence-corrected chi connectivity index (χ2v) is 10.9. The summed E-state index contributed by atoms with van der Waals surface area (Å²) in [6.07, 6.45) is 12.9. The van der Waals surface area contributed by atoms with Gasteiger partial charge in [-0.15, -0.1) is 0 Å². The van der Waals surface area contributed by atoms with Gasteiger partial charge < -0.3 is 8.85 Å². The van der Waals surface area contributed by atoms with Crippen LogP contribution in [0.2, 0.25) is 0 Å². The summed E-state index contributed by atoms with van der Waals surface area (Å²) in [5, 5.41) is 2.08. The number of hydrogen-bond acceptors (Lipinski definition) is 2. The lowest BCUT2D eigenvalue weighted by atomic mass is 10.1. The van der Waals surface area contributed by atoms with Gasteiger partial charge in [0.15, 0.2) is 0 Å². The highest BCUT2D eigenvalue weighted by molar-refractivity contribution is 6.92. The van der Waals surface area contributed by atoms with Crippen LogP contribution in [0.25, 0.3) is 0 Å². The maximum atomic E-state index is 13.1. The second kappa shape index (κ2) is 15.3. The minimum atomic E-state index is -2.90. The van der Waals surface area contributed by atoms with Gasteiger partial charge in [-0.3, -0.25) is 0 Å². The molecule has 0 saturated heterocycles. The van der Waals surface area contributed by atoms with Crippen molar-refractivity contribution in [1.29, 1.82) is 0 Å². The Morgan fingerprint density at radius 3 is 1.50 bits per heavy atom. The summed E-state index contributed by atoms with van der Waals surface area (Å²) in [6.45, 7) is 2.47. The van der Waals surface area contributed by atoms with E-state index < -0.39 is 15.2 Å². The monoisotopic (exact) mass is 430 g/mol. The molecule has 0 unspecified atom stereocenters. The van der Waals surface area contributed by atoms with Crippen molar-refractivity contribution < 1.29 is 13.2 Å². The predicted molar refractivity (Wildman–Crippen MR) is 128 cm³/mol. The van der Waals surface area contributed by atoms with Gasteiger partial charge in [0.1, 0.15) is 6.67 Å². The summed E-state index contributed by atoms with van der Waals surface area (Å²) in [6, 6.07) is 20.2. The quantitative estimate of drug-likeness (QED) is 0.221. The van der Waals surface area contributed by atoms with Crippen LogP contribution in [0.15, 0.2) is 60.7 Å². The molecule has 0 fully saturated rings. The zero-order valence-electron chi connectivity index (χ0n) is 18.7. The smallest absolute Gasteiger partial charge is 0.388 e. The lowest BCUT2D eigenvalue weighted by molar-refractivity contribution is 0.175. The van der Waals surface area contributed by atoms with Crippen molar-refractivity contribution in [1.82, 2.24) is 0 Å². The molecule has 0 aromatic heterocycles. The zero-order valence-corrected chi connectivity index (χ0v) is 19.7. The minimum Gasteiger partial charge on any atom is -0.388 e. The van der Waals surface area contributed by atoms with Gasteiger partial charge in [-0.05, 0) is 16.8 Å². The average molecular weight is 431 g/mol. The summed E-state index contributed by atoms with van der Waals surface area (Å²) in [4.78, 5) is 0. The molecule has 2 aromatic carbocycles. The van der Waals surface area contributed by atoms with Crippen molar-refractivity contribution in [2.75, 3.05) is 19.9 Å². The third-order valence-corrected chi connectivity index (χ3v) is 8.90. The van der Waals surface area contributed by atoms with Crippen LogP contribution in [0.4, 0.5) is 4.39 Å². The largest absolute Gasteiger partial charge is 0.407 e. The molecule has 0 saturated carbocycles. The summed E-state index contributed by atoms with van der Waals surface area (Å²) >= 11 is 0. The van der Waals surface area contributed by atoms with E-state index in [-0.39, 0.29) is 6.61 Å². The van der Waals surface area contributed by atoms with E-state index in [1.807, 2.05) is 36.4 Å². The van der Waals surface area contributed by atoms with Crippen LogP contribution in [-0.4, -0.2) is 28.4 Å². The van der Waals surface area contributed by atoms with E-state index in [0.29, 0.717) is 6.61 Å². The zero-order chi connectivity index (χ0) is 21.3. The molecule has 2 nitrogen and oxygen atoms in total. The van der Waals surface area contributed by atoms with Crippen LogP contribution in [0.5, 0.6) is 0 Å². The van der Waals surface area contributed by atoms with Gasteiger partial charge in [0, 0.05) is 6.61 Å². The maximum absolute atomic E-state index is 13.1. The number of benzene rings is 2. The predicted octanol–water partition coefficient (Wildman–Crippen LogP) is 6.17. The Morgan fingerprint density at radius 2 is 1.03 bits per heavy atom. The van der Waals surface area contributed by atoms with Gasteiger partial charge >= 0.3 is 8.56 Å². The van der Waals surface area contributed by atoms with Crippen molar-refractivity contribution in [2.45, 2.75) is 71.1 Å². The van der Waals surface area contributed by atoms with Crippen LogP contribution in [-0.2, 0) is 8.85 Å². The van der Waals surface area contributed by atoms with E-state index >= 15 is 0 Å². The second-order valence-electron chi connectivity index (χ2n) is 7.92. The molecule has 4 heteroatoms. The molecular formula is C26H39FO2Si. The molecule has 0 heterocycles. The first-order chi connectivity index (χ1) is 14.8. The highest BCUT2D eigenvalue weighted by atomic mass is 28.4. The Bertz CT molecular complexity index is 611. The van der Waals surface area contributed by atoms with Crippen molar-refractivity contribution in [3.05, 3.63) is 60.7 Å². The highest BCUT2D eigenvalue weighted by Gasteiger charge is 2.42. The molecule has 0 bridgehead atoms. The van der Waals surface area contributed by atoms with Crippen LogP contribution in [0, 0.1) is 0 Å². The van der Waals surface area contributed by atoms with Crippen molar-refractivity contribution in [3.63, 3.8) is 0 Å². The maximum Gasteiger partial charge on any atom is 0.407 e. The number of halogens is 1. The fourth-order valence-corrected chi connectivity index (χ4v) is 6.99. The molecule has 2 rings (SSSR count). The molecule has 0 amide bonds. The molecular weight excluding hydrogens is 391 g/mol. The Balaban J connectivity index is 1.88. The van der Waals surface area contributed by atoms with Crippen LogP contribution >= 0.6 is 0 Å². The van der Waals surface area contributed by atoms with Crippen molar-refractivity contribution in [2.24, 2.45) is 0 Å². The Hall–Kier alpha value is -1.49. The summed E-state index contributed by atoms with van der Waals surface area (Å²) in [7, 11) is -2.90. The molecule has 166 valence electrons. The molecule has 0 radical (unpaired) electrons. The van der Waals surface area contributed by atoms with Gasteiger partial charge in [0.05, 0.1) is 6.61 Å².